The lowest BCUT2D eigenvalue weighted by molar-refractivity contribution is 0.0527. The second-order valence-corrected chi connectivity index (χ2v) is 9.06. The Hall–Kier alpha value is -4.25. The van der Waals surface area contributed by atoms with Gasteiger partial charge in [0.2, 0.25) is 10.0 Å². The van der Waals surface area contributed by atoms with Crippen LogP contribution >= 0.6 is 0 Å². The minimum absolute atomic E-state index is 0.0699. The number of sulfonamides is 1. The minimum Gasteiger partial charge on any atom is -0.462 e. The molecule has 11 heteroatoms. The fraction of sp³-hybridized carbons (Fsp3) is 0.130. The summed E-state index contributed by atoms with van der Waals surface area (Å²) >= 11 is 0. The van der Waals surface area contributed by atoms with Gasteiger partial charge in [-0.3, -0.25) is 9.52 Å². The van der Waals surface area contributed by atoms with Crippen LogP contribution in [0.5, 0.6) is 0 Å². The molecule has 0 atom stereocenters. The number of para-hydroxylation sites is 1. The number of nitrogens with zero attached hydrogens (tertiary/aromatic N) is 3. The summed E-state index contributed by atoms with van der Waals surface area (Å²) in [5.41, 5.74) is 1.35. The normalized spacial score (nSPS) is 11.2. The summed E-state index contributed by atoms with van der Waals surface area (Å²) in [5, 5.41) is 7.90. The van der Waals surface area contributed by atoms with E-state index in [-0.39, 0.29) is 23.6 Å². The second-order valence-electron chi connectivity index (χ2n) is 7.31. The van der Waals surface area contributed by atoms with E-state index in [0.717, 1.165) is 17.2 Å². The van der Waals surface area contributed by atoms with Gasteiger partial charge in [-0.1, -0.05) is 18.2 Å². The molecule has 0 saturated heterocycles. The van der Waals surface area contributed by atoms with E-state index < -0.39 is 21.9 Å². The highest BCUT2D eigenvalue weighted by molar-refractivity contribution is 7.92. The third-order valence-corrected chi connectivity index (χ3v) is 5.35. The topological polar surface area (TPSA) is 132 Å². The van der Waals surface area contributed by atoms with Crippen LogP contribution in [0.2, 0.25) is 0 Å². The van der Waals surface area contributed by atoms with Gasteiger partial charge in [0.25, 0.3) is 5.91 Å². The molecule has 10 nitrogen and oxygen atoms in total. The molecule has 0 aliphatic carbocycles. The number of carbonyl (C=O) groups excluding carboxylic acids is 2. The molecule has 2 aromatic heterocycles. The van der Waals surface area contributed by atoms with Crippen molar-refractivity contribution in [2.45, 2.75) is 6.92 Å². The van der Waals surface area contributed by atoms with Crippen molar-refractivity contribution in [2.75, 3.05) is 22.9 Å². The molecule has 0 radical (unpaired) electrons. The molecule has 0 unspecified atom stereocenters. The van der Waals surface area contributed by atoms with Gasteiger partial charge in [0, 0.05) is 16.6 Å². The Morgan fingerprint density at radius 2 is 1.76 bits per heavy atom. The Kier molecular flexibility index (Phi) is 6.28. The van der Waals surface area contributed by atoms with E-state index in [0.29, 0.717) is 11.5 Å². The number of amides is 1. The lowest BCUT2D eigenvalue weighted by Gasteiger charge is -2.11. The number of hydrogen-bond acceptors (Lipinski definition) is 7. The van der Waals surface area contributed by atoms with Crippen molar-refractivity contribution in [3.63, 3.8) is 0 Å². The standard InChI is InChI=1S/C23H21N5O5S/c1-3-33-23(30)18-14-24-28(20-13-10-15-6-4-5-7-19(15)25-20)21(18)26-22(29)16-8-11-17(12-9-16)27-34(2,31)32/h4-14,27H,3H2,1-2H3,(H,26,29). The van der Waals surface area contributed by atoms with Crippen molar-refractivity contribution in [3.05, 3.63) is 78.0 Å². The van der Waals surface area contributed by atoms with Crippen molar-refractivity contribution >= 4 is 44.3 Å². The van der Waals surface area contributed by atoms with Crippen molar-refractivity contribution in [1.29, 1.82) is 0 Å². The molecule has 0 spiro atoms. The number of rotatable bonds is 7. The van der Waals surface area contributed by atoms with Crippen LogP contribution in [0.3, 0.4) is 0 Å². The first-order valence-electron chi connectivity index (χ1n) is 10.3. The molecule has 4 rings (SSSR count). The summed E-state index contributed by atoms with van der Waals surface area (Å²) in [6, 6.07) is 17.0. The Morgan fingerprint density at radius 1 is 1.03 bits per heavy atom. The quantitative estimate of drug-likeness (QED) is 0.389. The second kappa shape index (κ2) is 9.32. The van der Waals surface area contributed by atoms with E-state index in [2.05, 4.69) is 20.1 Å². The number of carbonyl (C=O) groups is 2. The summed E-state index contributed by atoms with van der Waals surface area (Å²) in [5.74, 6) is -0.668. The fourth-order valence-corrected chi connectivity index (χ4v) is 3.82. The molecular weight excluding hydrogens is 458 g/mol. The van der Waals surface area contributed by atoms with E-state index in [9.17, 15) is 18.0 Å². The summed E-state index contributed by atoms with van der Waals surface area (Å²) in [6.07, 6.45) is 2.34. The number of nitrogens with one attached hydrogen (secondary N) is 2. The number of anilines is 2. The van der Waals surface area contributed by atoms with Crippen molar-refractivity contribution in [2.24, 2.45) is 0 Å². The maximum atomic E-state index is 13.0. The molecule has 0 bridgehead atoms. The molecular formula is C23H21N5O5S. The van der Waals surface area contributed by atoms with Gasteiger partial charge in [0.05, 0.1) is 24.6 Å². The summed E-state index contributed by atoms with van der Waals surface area (Å²) in [4.78, 5) is 30.1. The van der Waals surface area contributed by atoms with Crippen molar-refractivity contribution in [3.8, 4) is 5.82 Å². The Balaban J connectivity index is 1.69. The molecule has 0 aliphatic heterocycles. The van der Waals surface area contributed by atoms with Crippen LogP contribution in [0.25, 0.3) is 16.7 Å². The predicted octanol–water partition coefficient (Wildman–Crippen LogP) is 3.22. The smallest absolute Gasteiger partial charge is 0.343 e. The SMILES string of the molecule is CCOC(=O)c1cnn(-c2ccc3ccccc3n2)c1NC(=O)c1ccc(NS(C)(=O)=O)cc1. The Morgan fingerprint density at radius 3 is 2.47 bits per heavy atom. The number of pyridine rings is 1. The first-order chi connectivity index (χ1) is 16.2. The monoisotopic (exact) mass is 479 g/mol. The average molecular weight is 480 g/mol. The molecule has 2 heterocycles. The maximum absolute atomic E-state index is 13.0. The maximum Gasteiger partial charge on any atom is 0.343 e. The van der Waals surface area contributed by atoms with Crippen LogP contribution in [0.1, 0.15) is 27.6 Å². The highest BCUT2D eigenvalue weighted by atomic mass is 32.2. The fourth-order valence-electron chi connectivity index (χ4n) is 3.26. The minimum atomic E-state index is -3.44. The number of hydrogen-bond donors (Lipinski definition) is 2. The van der Waals surface area contributed by atoms with Gasteiger partial charge in [-0.2, -0.15) is 9.78 Å². The van der Waals surface area contributed by atoms with Crippen LogP contribution in [0.4, 0.5) is 11.5 Å². The molecule has 1 amide bonds. The van der Waals surface area contributed by atoms with E-state index in [4.69, 9.17) is 4.74 Å². The van der Waals surface area contributed by atoms with Gasteiger partial charge in [0.1, 0.15) is 5.56 Å². The number of ether oxygens (including phenoxy) is 1. The molecule has 0 fully saturated rings. The number of benzene rings is 2. The lowest BCUT2D eigenvalue weighted by atomic mass is 10.2. The number of fused-ring (bicyclic) bond motifs is 1. The molecule has 34 heavy (non-hydrogen) atoms. The van der Waals surface area contributed by atoms with Gasteiger partial charge in [-0.25, -0.2) is 18.2 Å². The largest absolute Gasteiger partial charge is 0.462 e. The zero-order chi connectivity index (χ0) is 24.3. The Bertz CT molecular complexity index is 1480. The van der Waals surface area contributed by atoms with Crippen molar-refractivity contribution < 1.29 is 22.7 Å². The molecule has 2 N–H and O–H groups in total. The molecule has 0 saturated carbocycles. The van der Waals surface area contributed by atoms with Gasteiger partial charge >= 0.3 is 5.97 Å². The van der Waals surface area contributed by atoms with Gasteiger partial charge in [-0.15, -0.1) is 0 Å². The van der Waals surface area contributed by atoms with Gasteiger partial charge in [0.15, 0.2) is 11.6 Å². The van der Waals surface area contributed by atoms with Crippen LogP contribution in [0, 0.1) is 0 Å². The highest BCUT2D eigenvalue weighted by Gasteiger charge is 2.23. The third-order valence-electron chi connectivity index (χ3n) is 4.75. The zero-order valence-electron chi connectivity index (χ0n) is 18.3. The van der Waals surface area contributed by atoms with E-state index >= 15 is 0 Å². The first kappa shape index (κ1) is 22.9. The summed E-state index contributed by atoms with van der Waals surface area (Å²) in [7, 11) is -3.44. The molecule has 4 aromatic rings. The summed E-state index contributed by atoms with van der Waals surface area (Å²) < 4.78 is 31.6. The lowest BCUT2D eigenvalue weighted by Crippen LogP contribution is -2.18. The van der Waals surface area contributed by atoms with Crippen molar-refractivity contribution in [1.82, 2.24) is 14.8 Å². The summed E-state index contributed by atoms with van der Waals surface area (Å²) in [6.45, 7) is 1.83. The van der Waals surface area contributed by atoms with Crippen LogP contribution in [0.15, 0.2) is 66.9 Å². The Labute approximate surface area is 195 Å². The van der Waals surface area contributed by atoms with E-state index in [1.54, 1.807) is 13.0 Å². The van der Waals surface area contributed by atoms with Crippen LogP contribution in [-0.4, -0.2) is 47.9 Å². The average Bonchev–Trinajstić information content (AvgIpc) is 3.22. The zero-order valence-corrected chi connectivity index (χ0v) is 19.2. The first-order valence-corrected chi connectivity index (χ1v) is 12.1. The molecule has 174 valence electrons. The van der Waals surface area contributed by atoms with Crippen LogP contribution < -0.4 is 10.0 Å². The predicted molar refractivity (Wildman–Crippen MR) is 128 cm³/mol. The van der Waals surface area contributed by atoms with E-state index in [1.165, 1.54) is 35.1 Å². The van der Waals surface area contributed by atoms with Crippen LogP contribution in [-0.2, 0) is 14.8 Å². The van der Waals surface area contributed by atoms with Gasteiger partial charge in [-0.05, 0) is 49.4 Å². The third kappa shape index (κ3) is 5.04. The van der Waals surface area contributed by atoms with E-state index in [1.807, 2.05) is 30.3 Å². The van der Waals surface area contributed by atoms with Gasteiger partial charge < -0.3 is 10.1 Å². The highest BCUT2D eigenvalue weighted by Crippen LogP contribution is 2.23. The molecule has 2 aromatic carbocycles. The molecule has 0 aliphatic rings. The number of aromatic nitrogens is 3. The number of esters is 1.